The highest BCUT2D eigenvalue weighted by Gasteiger charge is 2.30. The molecule has 4 nitrogen and oxygen atoms in total. The van der Waals surface area contributed by atoms with Crippen LogP contribution in [0.25, 0.3) is 0 Å². The Morgan fingerprint density at radius 1 is 1.22 bits per heavy atom. The van der Waals surface area contributed by atoms with E-state index in [0.29, 0.717) is 5.92 Å². The quantitative estimate of drug-likeness (QED) is 0.765. The lowest BCUT2D eigenvalue weighted by Crippen LogP contribution is -2.27. The van der Waals surface area contributed by atoms with Gasteiger partial charge in [0.2, 0.25) is 5.95 Å². The summed E-state index contributed by atoms with van der Waals surface area (Å²) in [5.41, 5.74) is 2.69. The Kier molecular flexibility index (Phi) is 3.65. The topological polar surface area (TPSA) is 42.7 Å². The fourth-order valence-corrected chi connectivity index (χ4v) is 3.99. The van der Waals surface area contributed by atoms with Crippen molar-refractivity contribution < 1.29 is 0 Å². The van der Waals surface area contributed by atoms with Gasteiger partial charge in [0.15, 0.2) is 0 Å². The van der Waals surface area contributed by atoms with Crippen LogP contribution in [-0.2, 0) is 0 Å². The van der Waals surface area contributed by atoms with Crippen molar-refractivity contribution in [3.63, 3.8) is 0 Å². The van der Waals surface area contributed by atoms with E-state index in [2.05, 4.69) is 71.0 Å². The lowest BCUT2D eigenvalue weighted by atomic mass is 9.94. The maximum Gasteiger partial charge on any atom is 0.222 e. The van der Waals surface area contributed by atoms with Gasteiger partial charge in [0.05, 0.1) is 12.1 Å². The maximum absolute atomic E-state index is 4.41. The lowest BCUT2D eigenvalue weighted by molar-refractivity contribution is 0.436. The van der Waals surface area contributed by atoms with Gasteiger partial charge in [-0.3, -0.25) is 0 Å². The SMILES string of the molecule is CC(C)c1ccc([C@@H]2C[C@@H](c3cccs3)n3ncnc3N2)cc1. The minimum atomic E-state index is 0.253. The third-order valence-electron chi connectivity index (χ3n) is 4.51. The Morgan fingerprint density at radius 2 is 2.04 bits per heavy atom. The van der Waals surface area contributed by atoms with Gasteiger partial charge in [0, 0.05) is 4.88 Å². The van der Waals surface area contributed by atoms with E-state index in [1.165, 1.54) is 16.0 Å². The van der Waals surface area contributed by atoms with Crippen LogP contribution in [0.2, 0.25) is 0 Å². The highest BCUT2D eigenvalue weighted by atomic mass is 32.1. The van der Waals surface area contributed by atoms with E-state index < -0.39 is 0 Å². The maximum atomic E-state index is 4.41. The van der Waals surface area contributed by atoms with Crippen LogP contribution in [0.5, 0.6) is 0 Å². The predicted octanol–water partition coefficient (Wildman–Crippen LogP) is 4.61. The second-order valence-corrected chi connectivity index (χ2v) is 7.29. The Labute approximate surface area is 140 Å². The summed E-state index contributed by atoms with van der Waals surface area (Å²) < 4.78 is 2.00. The molecule has 4 rings (SSSR count). The smallest absolute Gasteiger partial charge is 0.222 e. The largest absolute Gasteiger partial charge is 0.348 e. The minimum Gasteiger partial charge on any atom is -0.348 e. The molecular weight excluding hydrogens is 304 g/mol. The standard InChI is InChI=1S/C18H20N4S/c1-12(2)13-5-7-14(8-6-13)15-10-16(17-4-3-9-23-17)22-18(21-15)19-11-20-22/h3-9,11-12,15-16H,10H2,1-2H3,(H,19,20,21)/t15-,16-/m0/s1. The molecule has 1 aliphatic rings. The average Bonchev–Trinajstić information content (AvgIpc) is 3.25. The minimum absolute atomic E-state index is 0.253. The van der Waals surface area contributed by atoms with Crippen molar-refractivity contribution in [2.75, 3.05) is 5.32 Å². The first-order valence-corrected chi connectivity index (χ1v) is 8.89. The van der Waals surface area contributed by atoms with Gasteiger partial charge in [-0.1, -0.05) is 44.2 Å². The third-order valence-corrected chi connectivity index (χ3v) is 5.48. The van der Waals surface area contributed by atoms with Crippen molar-refractivity contribution in [3.8, 4) is 0 Å². The van der Waals surface area contributed by atoms with Crippen molar-refractivity contribution in [3.05, 3.63) is 64.1 Å². The molecule has 3 heterocycles. The van der Waals surface area contributed by atoms with Gasteiger partial charge >= 0.3 is 0 Å². The second-order valence-electron chi connectivity index (χ2n) is 6.31. The molecule has 2 atom stereocenters. The Balaban J connectivity index is 1.66. The predicted molar refractivity (Wildman–Crippen MR) is 94.0 cm³/mol. The van der Waals surface area contributed by atoms with Crippen molar-refractivity contribution in [2.24, 2.45) is 0 Å². The number of thiophene rings is 1. The molecule has 0 fully saturated rings. The number of fused-ring (bicyclic) bond motifs is 1. The zero-order valence-corrected chi connectivity index (χ0v) is 14.1. The average molecular weight is 324 g/mol. The number of anilines is 1. The van der Waals surface area contributed by atoms with Crippen LogP contribution >= 0.6 is 11.3 Å². The Morgan fingerprint density at radius 3 is 2.74 bits per heavy atom. The molecule has 0 spiro atoms. The molecule has 0 saturated carbocycles. The summed E-state index contributed by atoms with van der Waals surface area (Å²) in [6.07, 6.45) is 2.62. The molecule has 3 aromatic rings. The van der Waals surface area contributed by atoms with Gasteiger partial charge in [-0.15, -0.1) is 11.3 Å². The normalized spacial score (nSPS) is 20.3. The van der Waals surface area contributed by atoms with E-state index in [1.54, 1.807) is 17.7 Å². The van der Waals surface area contributed by atoms with Crippen LogP contribution in [0.4, 0.5) is 5.95 Å². The van der Waals surface area contributed by atoms with Crippen LogP contribution in [0, 0.1) is 0 Å². The monoisotopic (exact) mass is 324 g/mol. The summed E-state index contributed by atoms with van der Waals surface area (Å²) in [7, 11) is 0. The van der Waals surface area contributed by atoms with Crippen molar-refractivity contribution in [1.29, 1.82) is 0 Å². The molecule has 0 unspecified atom stereocenters. The van der Waals surface area contributed by atoms with E-state index in [0.717, 1.165) is 12.4 Å². The number of rotatable bonds is 3. The molecule has 0 aliphatic carbocycles. The number of nitrogens with one attached hydrogen (secondary N) is 1. The number of benzene rings is 1. The molecule has 0 saturated heterocycles. The molecule has 0 bridgehead atoms. The van der Waals surface area contributed by atoms with E-state index in [-0.39, 0.29) is 12.1 Å². The van der Waals surface area contributed by atoms with Gasteiger partial charge in [-0.25, -0.2) is 4.68 Å². The van der Waals surface area contributed by atoms with E-state index in [4.69, 9.17) is 0 Å². The summed E-state index contributed by atoms with van der Waals surface area (Å²) in [4.78, 5) is 5.72. The number of hydrogen-bond donors (Lipinski definition) is 1. The molecule has 0 radical (unpaired) electrons. The van der Waals surface area contributed by atoms with Gasteiger partial charge < -0.3 is 5.32 Å². The van der Waals surface area contributed by atoms with Crippen LogP contribution in [0.1, 0.15) is 54.3 Å². The number of hydrogen-bond acceptors (Lipinski definition) is 4. The van der Waals surface area contributed by atoms with Crippen LogP contribution in [0.3, 0.4) is 0 Å². The summed E-state index contributed by atoms with van der Waals surface area (Å²) in [6, 6.07) is 13.8. The lowest BCUT2D eigenvalue weighted by Gasteiger charge is -2.31. The molecule has 2 aromatic heterocycles. The third kappa shape index (κ3) is 2.65. The highest BCUT2D eigenvalue weighted by molar-refractivity contribution is 7.10. The van der Waals surface area contributed by atoms with Crippen molar-refractivity contribution in [1.82, 2.24) is 14.8 Å². The molecule has 1 aromatic carbocycles. The molecule has 118 valence electrons. The Hall–Kier alpha value is -2.14. The summed E-state index contributed by atoms with van der Waals surface area (Å²) in [5, 5.41) is 10.1. The molecule has 1 aliphatic heterocycles. The van der Waals surface area contributed by atoms with Crippen molar-refractivity contribution >= 4 is 17.3 Å². The molecule has 0 amide bonds. The first-order chi connectivity index (χ1) is 11.2. The molecule has 1 N–H and O–H groups in total. The van der Waals surface area contributed by atoms with Gasteiger partial charge in [-0.2, -0.15) is 10.1 Å². The Bertz CT molecular complexity index is 774. The first-order valence-electron chi connectivity index (χ1n) is 8.01. The zero-order valence-electron chi connectivity index (χ0n) is 13.3. The first kappa shape index (κ1) is 14.5. The van der Waals surface area contributed by atoms with E-state index in [9.17, 15) is 0 Å². The van der Waals surface area contributed by atoms with Crippen LogP contribution in [-0.4, -0.2) is 14.8 Å². The zero-order chi connectivity index (χ0) is 15.8. The van der Waals surface area contributed by atoms with Gasteiger partial charge in [-0.05, 0) is 34.9 Å². The van der Waals surface area contributed by atoms with E-state index >= 15 is 0 Å². The van der Waals surface area contributed by atoms with Crippen LogP contribution < -0.4 is 5.32 Å². The van der Waals surface area contributed by atoms with Crippen molar-refractivity contribution in [2.45, 2.75) is 38.3 Å². The van der Waals surface area contributed by atoms with Gasteiger partial charge in [0.1, 0.15) is 6.33 Å². The highest BCUT2D eigenvalue weighted by Crippen LogP contribution is 2.38. The number of nitrogens with zero attached hydrogens (tertiary/aromatic N) is 3. The molecule has 5 heteroatoms. The summed E-state index contributed by atoms with van der Waals surface area (Å²) >= 11 is 1.78. The number of aromatic nitrogens is 3. The second kappa shape index (κ2) is 5.81. The fraction of sp³-hybridized carbons (Fsp3) is 0.333. The van der Waals surface area contributed by atoms with Gasteiger partial charge in [0.25, 0.3) is 0 Å². The molecular formula is C18H20N4S. The fourth-order valence-electron chi connectivity index (χ4n) is 3.17. The summed E-state index contributed by atoms with van der Waals surface area (Å²) in [6.45, 7) is 4.45. The molecule has 23 heavy (non-hydrogen) atoms. The van der Waals surface area contributed by atoms with Crippen LogP contribution in [0.15, 0.2) is 48.1 Å². The van der Waals surface area contributed by atoms with E-state index in [1.807, 2.05) is 4.68 Å². The summed E-state index contributed by atoms with van der Waals surface area (Å²) in [5.74, 6) is 1.41.